The van der Waals surface area contributed by atoms with Crippen LogP contribution in [0.1, 0.15) is 43.0 Å². The lowest BCUT2D eigenvalue weighted by Gasteiger charge is -2.41. The molecule has 8 nitrogen and oxygen atoms in total. The Hall–Kier alpha value is -2.22. The van der Waals surface area contributed by atoms with Crippen LogP contribution < -0.4 is 5.32 Å². The summed E-state index contributed by atoms with van der Waals surface area (Å²) < 4.78 is 3.53. The van der Waals surface area contributed by atoms with Crippen molar-refractivity contribution in [3.8, 4) is 0 Å². The number of carbonyl (C=O) groups excluding carboxylic acids is 1. The summed E-state index contributed by atoms with van der Waals surface area (Å²) in [6.45, 7) is 1.55. The van der Waals surface area contributed by atoms with Crippen molar-refractivity contribution in [3.63, 3.8) is 0 Å². The molecule has 0 unspecified atom stereocenters. The highest BCUT2D eigenvalue weighted by atomic mass is 16.2. The fourth-order valence-corrected chi connectivity index (χ4v) is 3.86. The predicted octanol–water partition coefficient (Wildman–Crippen LogP) is 0.780. The summed E-state index contributed by atoms with van der Waals surface area (Å²) in [5, 5.41) is 15.9. The number of aromatic nitrogens is 5. The van der Waals surface area contributed by atoms with Gasteiger partial charge in [-0.05, 0) is 25.2 Å². The summed E-state index contributed by atoms with van der Waals surface area (Å²) in [7, 11) is 3.80. The van der Waals surface area contributed by atoms with Gasteiger partial charge >= 0.3 is 0 Å². The normalized spacial score (nSPS) is 24.1. The first-order valence-electron chi connectivity index (χ1n) is 8.97. The van der Waals surface area contributed by atoms with Gasteiger partial charge in [-0.3, -0.25) is 14.2 Å². The average Bonchev–Trinajstić information content (AvgIpc) is 3.20. The molecule has 134 valence electrons. The second-order valence-electron chi connectivity index (χ2n) is 7.24. The van der Waals surface area contributed by atoms with Gasteiger partial charge in [0.05, 0.1) is 17.9 Å². The molecule has 0 bridgehead atoms. The van der Waals surface area contributed by atoms with Gasteiger partial charge in [-0.25, -0.2) is 0 Å². The summed E-state index contributed by atoms with van der Waals surface area (Å²) in [6, 6.07) is 0.539. The number of aryl methyl sites for hydroxylation is 2. The number of likely N-dealkylation sites (tertiary alicyclic amines) is 1. The molecule has 0 aromatic carbocycles. The second-order valence-corrected chi connectivity index (χ2v) is 7.24. The maximum Gasteiger partial charge on any atom is 0.223 e. The van der Waals surface area contributed by atoms with Gasteiger partial charge in [0.2, 0.25) is 5.91 Å². The van der Waals surface area contributed by atoms with E-state index >= 15 is 0 Å². The number of hydrogen-bond donors (Lipinski definition) is 1. The van der Waals surface area contributed by atoms with Crippen molar-refractivity contribution in [2.45, 2.75) is 44.3 Å². The third-order valence-electron chi connectivity index (χ3n) is 5.13. The molecule has 1 N–H and O–H groups in total. The molecule has 2 aromatic heterocycles. The molecular formula is C17H25N7O. The van der Waals surface area contributed by atoms with E-state index in [1.165, 1.54) is 0 Å². The smallest absolute Gasteiger partial charge is 0.223 e. The lowest BCUT2D eigenvalue weighted by molar-refractivity contribution is -0.139. The summed E-state index contributed by atoms with van der Waals surface area (Å²) in [5.74, 6) is 0.681. The highest BCUT2D eigenvalue weighted by Gasteiger charge is 2.44. The Morgan fingerprint density at radius 1 is 1.20 bits per heavy atom. The van der Waals surface area contributed by atoms with Gasteiger partial charge in [0.25, 0.3) is 0 Å². The van der Waals surface area contributed by atoms with Crippen LogP contribution in [0.2, 0.25) is 0 Å². The maximum atomic E-state index is 12.6. The van der Waals surface area contributed by atoms with Crippen LogP contribution in [0.5, 0.6) is 0 Å². The zero-order valence-corrected chi connectivity index (χ0v) is 14.8. The molecular weight excluding hydrogens is 318 g/mol. The molecule has 3 heterocycles. The largest absolute Gasteiger partial charge is 0.332 e. The van der Waals surface area contributed by atoms with E-state index in [-0.39, 0.29) is 6.04 Å². The molecule has 1 saturated heterocycles. The molecule has 2 aromatic rings. The molecule has 4 rings (SSSR count). The molecule has 8 heteroatoms. The molecule has 2 aliphatic rings. The van der Waals surface area contributed by atoms with E-state index < -0.39 is 0 Å². The van der Waals surface area contributed by atoms with Gasteiger partial charge < -0.3 is 10.2 Å². The Labute approximate surface area is 147 Å². The van der Waals surface area contributed by atoms with E-state index in [1.807, 2.05) is 37.4 Å². The predicted molar refractivity (Wildman–Crippen MR) is 91.3 cm³/mol. The van der Waals surface area contributed by atoms with Crippen molar-refractivity contribution in [1.29, 1.82) is 0 Å². The van der Waals surface area contributed by atoms with Crippen LogP contribution in [0, 0.1) is 5.92 Å². The van der Waals surface area contributed by atoms with Gasteiger partial charge in [0, 0.05) is 57.6 Å². The number of nitrogens with one attached hydrogen (secondary N) is 1. The monoisotopic (exact) mass is 343 g/mol. The van der Waals surface area contributed by atoms with E-state index in [9.17, 15) is 4.79 Å². The van der Waals surface area contributed by atoms with Crippen molar-refractivity contribution in [3.05, 3.63) is 29.8 Å². The fraction of sp³-hybridized carbons (Fsp3) is 0.647. The Balaban J connectivity index is 1.49. The Morgan fingerprint density at radius 2 is 2.04 bits per heavy atom. The maximum absolute atomic E-state index is 12.6. The number of hydrogen-bond acceptors (Lipinski definition) is 5. The van der Waals surface area contributed by atoms with Gasteiger partial charge in [0.15, 0.2) is 0 Å². The minimum atomic E-state index is 0.122. The molecule has 1 amide bonds. The van der Waals surface area contributed by atoms with E-state index in [4.69, 9.17) is 0 Å². The number of amides is 1. The minimum Gasteiger partial charge on any atom is -0.332 e. The highest BCUT2D eigenvalue weighted by molar-refractivity contribution is 5.78. The lowest BCUT2D eigenvalue weighted by Crippen LogP contribution is -2.46. The molecule has 0 spiro atoms. The SMILES string of the molecule is Cn1cc([C@@H]2[C@@H](CNCc3cn(C)nn3)CCC(=O)N2C2CC2)cn1. The minimum absolute atomic E-state index is 0.122. The molecule has 25 heavy (non-hydrogen) atoms. The molecule has 2 fully saturated rings. The number of piperidine rings is 1. The van der Waals surface area contributed by atoms with E-state index in [0.29, 0.717) is 30.8 Å². The van der Waals surface area contributed by atoms with Crippen molar-refractivity contribution >= 4 is 5.91 Å². The molecule has 1 saturated carbocycles. The van der Waals surface area contributed by atoms with Crippen LogP contribution in [0.3, 0.4) is 0 Å². The van der Waals surface area contributed by atoms with Crippen LogP contribution in [-0.4, -0.2) is 48.2 Å². The summed E-state index contributed by atoms with van der Waals surface area (Å²) >= 11 is 0. The van der Waals surface area contributed by atoms with Crippen LogP contribution in [0.15, 0.2) is 18.6 Å². The third kappa shape index (κ3) is 3.44. The lowest BCUT2D eigenvalue weighted by atomic mass is 9.85. The summed E-state index contributed by atoms with van der Waals surface area (Å²) in [5.41, 5.74) is 2.08. The van der Waals surface area contributed by atoms with Gasteiger partial charge in [-0.15, -0.1) is 5.10 Å². The number of rotatable bonds is 6. The van der Waals surface area contributed by atoms with E-state index in [0.717, 1.165) is 37.1 Å². The van der Waals surface area contributed by atoms with Crippen LogP contribution in [0.25, 0.3) is 0 Å². The second kappa shape index (κ2) is 6.59. The standard InChI is InChI=1S/C17H25N7O/c1-22-10-13(8-19-22)17-12(3-6-16(25)24(17)15-4-5-15)7-18-9-14-11-23(2)21-20-14/h8,10-12,15,17-18H,3-7,9H2,1-2H3/t12-,17+/m1/s1. The van der Waals surface area contributed by atoms with Crippen molar-refractivity contribution < 1.29 is 4.79 Å². The fourth-order valence-electron chi connectivity index (χ4n) is 3.86. The average molecular weight is 343 g/mol. The zero-order chi connectivity index (χ0) is 17.4. The Morgan fingerprint density at radius 3 is 2.68 bits per heavy atom. The van der Waals surface area contributed by atoms with Crippen molar-refractivity contribution in [1.82, 2.24) is 35.0 Å². The summed E-state index contributed by atoms with van der Waals surface area (Å²) in [4.78, 5) is 14.7. The first-order chi connectivity index (χ1) is 12.1. The van der Waals surface area contributed by atoms with E-state index in [1.54, 1.807) is 4.68 Å². The van der Waals surface area contributed by atoms with Gasteiger partial charge in [-0.1, -0.05) is 5.21 Å². The first-order valence-corrected chi connectivity index (χ1v) is 8.97. The van der Waals surface area contributed by atoms with E-state index in [2.05, 4.69) is 25.6 Å². The highest BCUT2D eigenvalue weighted by Crippen LogP contribution is 2.43. The molecule has 1 aliphatic heterocycles. The Bertz CT molecular complexity index is 748. The molecule has 1 aliphatic carbocycles. The van der Waals surface area contributed by atoms with Crippen molar-refractivity contribution in [2.75, 3.05) is 6.54 Å². The number of nitrogens with zero attached hydrogens (tertiary/aromatic N) is 6. The van der Waals surface area contributed by atoms with Crippen LogP contribution in [0.4, 0.5) is 0 Å². The topological polar surface area (TPSA) is 80.9 Å². The quantitative estimate of drug-likeness (QED) is 0.838. The number of carbonyl (C=O) groups is 1. The van der Waals surface area contributed by atoms with Gasteiger partial charge in [-0.2, -0.15) is 5.10 Å². The Kier molecular flexibility index (Phi) is 4.29. The van der Waals surface area contributed by atoms with Crippen LogP contribution in [-0.2, 0) is 25.4 Å². The molecule has 0 radical (unpaired) electrons. The van der Waals surface area contributed by atoms with Crippen molar-refractivity contribution in [2.24, 2.45) is 20.0 Å². The zero-order valence-electron chi connectivity index (χ0n) is 14.8. The first kappa shape index (κ1) is 16.3. The molecule has 2 atom stereocenters. The van der Waals surface area contributed by atoms with Crippen LogP contribution >= 0.6 is 0 Å². The van der Waals surface area contributed by atoms with Gasteiger partial charge in [0.1, 0.15) is 0 Å². The summed E-state index contributed by atoms with van der Waals surface area (Å²) in [6.07, 6.45) is 9.69. The third-order valence-corrected chi connectivity index (χ3v) is 5.13.